The normalized spacial score (nSPS) is 21.6. The molecule has 1 heterocycles. The van der Waals surface area contributed by atoms with Crippen LogP contribution in [0.15, 0.2) is 29.4 Å². The molecule has 0 unspecified atom stereocenters. The maximum absolute atomic E-state index is 11.8. The van der Waals surface area contributed by atoms with E-state index in [2.05, 4.69) is 10.5 Å². The molecule has 0 saturated carbocycles. The van der Waals surface area contributed by atoms with E-state index in [4.69, 9.17) is 0 Å². The molecule has 0 aromatic heterocycles. The summed E-state index contributed by atoms with van der Waals surface area (Å²) in [5.74, 6) is -0.777. The molecular weight excluding hydrogens is 280 g/mol. The number of carbonyl (C=O) groups is 1. The zero-order chi connectivity index (χ0) is 14.8. The molecule has 2 rings (SSSR count). The van der Waals surface area contributed by atoms with Gasteiger partial charge < -0.3 is 5.11 Å². The number of nitrogens with one attached hydrogen (secondary N) is 1. The van der Waals surface area contributed by atoms with Crippen molar-refractivity contribution in [3.05, 3.63) is 29.8 Å². The minimum absolute atomic E-state index is 0.0613. The van der Waals surface area contributed by atoms with Crippen LogP contribution >= 0.6 is 0 Å². The molecule has 1 aliphatic rings. The summed E-state index contributed by atoms with van der Waals surface area (Å²) in [5.41, 5.74) is 3.75. The Labute approximate surface area is 117 Å². The minimum atomic E-state index is -3.07. The third-order valence-electron chi connectivity index (χ3n) is 3.22. The predicted octanol–water partition coefficient (Wildman–Crippen LogP) is 0.667. The van der Waals surface area contributed by atoms with Crippen molar-refractivity contribution in [2.24, 2.45) is 11.0 Å². The number of nitrogens with zero attached hydrogens (tertiary/aromatic N) is 1. The average Bonchev–Trinajstić information content (AvgIpc) is 2.77. The van der Waals surface area contributed by atoms with Crippen LogP contribution in [-0.2, 0) is 14.6 Å². The summed E-state index contributed by atoms with van der Waals surface area (Å²) in [4.78, 5) is 11.8. The van der Waals surface area contributed by atoms with Crippen LogP contribution in [0.25, 0.3) is 0 Å². The summed E-state index contributed by atoms with van der Waals surface area (Å²) >= 11 is 0. The number of benzene rings is 1. The highest BCUT2D eigenvalue weighted by Crippen LogP contribution is 2.18. The number of hydrogen-bond acceptors (Lipinski definition) is 5. The standard InChI is InChI=1S/C13H16N2O4S/c1-9(10-2-4-12(16)5-3-10)14-15-13(17)11-6-7-20(18,19)8-11/h2-5,11,16H,6-8H2,1H3,(H,15,17)/b14-9+/t11-/m0/s1. The van der Waals surface area contributed by atoms with Crippen molar-refractivity contribution in [2.75, 3.05) is 11.5 Å². The number of phenols is 1. The van der Waals surface area contributed by atoms with Crippen molar-refractivity contribution in [3.8, 4) is 5.75 Å². The molecule has 20 heavy (non-hydrogen) atoms. The van der Waals surface area contributed by atoms with E-state index >= 15 is 0 Å². The Morgan fingerprint density at radius 3 is 2.55 bits per heavy atom. The highest BCUT2D eigenvalue weighted by Gasteiger charge is 2.32. The molecule has 7 heteroatoms. The van der Waals surface area contributed by atoms with Crippen molar-refractivity contribution in [1.29, 1.82) is 0 Å². The third kappa shape index (κ3) is 3.57. The topological polar surface area (TPSA) is 95.8 Å². The first-order valence-corrected chi connectivity index (χ1v) is 8.03. The number of amides is 1. The molecule has 2 N–H and O–H groups in total. The predicted molar refractivity (Wildman–Crippen MR) is 75.2 cm³/mol. The summed E-state index contributed by atoms with van der Waals surface area (Å²) < 4.78 is 22.6. The van der Waals surface area contributed by atoms with Gasteiger partial charge in [0.25, 0.3) is 0 Å². The lowest BCUT2D eigenvalue weighted by atomic mass is 10.1. The van der Waals surface area contributed by atoms with Gasteiger partial charge in [-0.15, -0.1) is 0 Å². The maximum atomic E-state index is 11.8. The molecule has 0 radical (unpaired) electrons. The number of carbonyl (C=O) groups excluding carboxylic acids is 1. The molecule has 0 bridgehead atoms. The number of hydrogen-bond donors (Lipinski definition) is 2. The summed E-state index contributed by atoms with van der Waals surface area (Å²) in [6.07, 6.45) is 0.349. The first kappa shape index (κ1) is 14.5. The van der Waals surface area contributed by atoms with Crippen LogP contribution < -0.4 is 5.43 Å². The number of hydrazone groups is 1. The smallest absolute Gasteiger partial charge is 0.244 e. The number of phenolic OH excluding ortho intramolecular Hbond substituents is 1. The third-order valence-corrected chi connectivity index (χ3v) is 4.99. The molecule has 1 fully saturated rings. The molecule has 1 aliphatic heterocycles. The Kier molecular flexibility index (Phi) is 4.08. The fraction of sp³-hybridized carbons (Fsp3) is 0.385. The van der Waals surface area contributed by atoms with Crippen LogP contribution in [0, 0.1) is 5.92 Å². The average molecular weight is 296 g/mol. The van der Waals surface area contributed by atoms with Crippen molar-refractivity contribution in [1.82, 2.24) is 5.43 Å². The van der Waals surface area contributed by atoms with Crippen LogP contribution in [0.5, 0.6) is 5.75 Å². The Morgan fingerprint density at radius 1 is 1.35 bits per heavy atom. The number of aromatic hydroxyl groups is 1. The van der Waals surface area contributed by atoms with Crippen LogP contribution in [0.4, 0.5) is 0 Å². The van der Waals surface area contributed by atoms with E-state index in [0.717, 1.165) is 5.56 Å². The van der Waals surface area contributed by atoms with Gasteiger partial charge in [-0.2, -0.15) is 5.10 Å². The van der Waals surface area contributed by atoms with Gasteiger partial charge in [-0.3, -0.25) is 4.79 Å². The van der Waals surface area contributed by atoms with Gasteiger partial charge in [0.1, 0.15) is 5.75 Å². The zero-order valence-electron chi connectivity index (χ0n) is 11.0. The van der Waals surface area contributed by atoms with Gasteiger partial charge in [0.15, 0.2) is 9.84 Å². The molecule has 108 valence electrons. The molecule has 1 atom stereocenters. The quantitative estimate of drug-likeness (QED) is 0.633. The van der Waals surface area contributed by atoms with E-state index in [-0.39, 0.29) is 23.2 Å². The van der Waals surface area contributed by atoms with Crippen molar-refractivity contribution in [2.45, 2.75) is 13.3 Å². The second-order valence-corrected chi connectivity index (χ2v) is 7.05. The monoisotopic (exact) mass is 296 g/mol. The fourth-order valence-electron chi connectivity index (χ4n) is 2.00. The van der Waals surface area contributed by atoms with E-state index in [1.165, 1.54) is 12.1 Å². The van der Waals surface area contributed by atoms with Gasteiger partial charge >= 0.3 is 0 Å². The van der Waals surface area contributed by atoms with Crippen molar-refractivity contribution in [3.63, 3.8) is 0 Å². The van der Waals surface area contributed by atoms with Crippen molar-refractivity contribution >= 4 is 21.5 Å². The van der Waals surface area contributed by atoms with E-state index in [0.29, 0.717) is 12.1 Å². The fourth-order valence-corrected chi connectivity index (χ4v) is 3.74. The van der Waals surface area contributed by atoms with Gasteiger partial charge in [0.2, 0.25) is 5.91 Å². The summed E-state index contributed by atoms with van der Waals surface area (Å²) in [6, 6.07) is 6.42. The van der Waals surface area contributed by atoms with E-state index < -0.39 is 15.8 Å². The van der Waals surface area contributed by atoms with E-state index in [9.17, 15) is 18.3 Å². The molecular formula is C13H16N2O4S. The summed E-state index contributed by atoms with van der Waals surface area (Å²) in [7, 11) is -3.07. The lowest BCUT2D eigenvalue weighted by Gasteiger charge is -2.06. The molecule has 1 aromatic carbocycles. The molecule has 1 saturated heterocycles. The first-order chi connectivity index (χ1) is 9.37. The molecule has 1 amide bonds. The molecule has 6 nitrogen and oxygen atoms in total. The molecule has 0 aliphatic carbocycles. The van der Waals surface area contributed by atoms with E-state index in [1.807, 2.05) is 0 Å². The highest BCUT2D eigenvalue weighted by atomic mass is 32.2. The Balaban J connectivity index is 1.98. The van der Waals surface area contributed by atoms with Gasteiger partial charge in [0.05, 0.1) is 23.1 Å². The second kappa shape index (κ2) is 5.62. The van der Waals surface area contributed by atoms with Crippen LogP contribution in [-0.4, -0.2) is 36.6 Å². The Hall–Kier alpha value is -1.89. The lowest BCUT2D eigenvalue weighted by molar-refractivity contribution is -0.124. The van der Waals surface area contributed by atoms with Crippen LogP contribution in [0.2, 0.25) is 0 Å². The molecule has 0 spiro atoms. The SMILES string of the molecule is C/C(=N\NC(=O)[C@H]1CCS(=O)(=O)C1)c1ccc(O)cc1. The summed E-state index contributed by atoms with van der Waals surface area (Å²) in [5, 5.41) is 13.1. The number of rotatable bonds is 3. The Morgan fingerprint density at radius 2 is 2.00 bits per heavy atom. The molecule has 1 aromatic rings. The van der Waals surface area contributed by atoms with Gasteiger partial charge in [-0.1, -0.05) is 0 Å². The van der Waals surface area contributed by atoms with Gasteiger partial charge in [-0.25, -0.2) is 13.8 Å². The Bertz CT molecular complexity index is 635. The second-order valence-electron chi connectivity index (χ2n) is 4.82. The first-order valence-electron chi connectivity index (χ1n) is 6.21. The van der Waals surface area contributed by atoms with E-state index in [1.54, 1.807) is 19.1 Å². The van der Waals surface area contributed by atoms with Crippen LogP contribution in [0.1, 0.15) is 18.9 Å². The van der Waals surface area contributed by atoms with Crippen molar-refractivity contribution < 1.29 is 18.3 Å². The summed E-state index contributed by atoms with van der Waals surface area (Å²) in [6.45, 7) is 1.72. The highest BCUT2D eigenvalue weighted by molar-refractivity contribution is 7.91. The lowest BCUT2D eigenvalue weighted by Crippen LogP contribution is -2.28. The zero-order valence-corrected chi connectivity index (χ0v) is 11.9. The largest absolute Gasteiger partial charge is 0.508 e. The number of sulfone groups is 1. The van der Waals surface area contributed by atoms with Crippen LogP contribution in [0.3, 0.4) is 0 Å². The maximum Gasteiger partial charge on any atom is 0.244 e. The van der Waals surface area contributed by atoms with Gasteiger partial charge in [0, 0.05) is 0 Å². The van der Waals surface area contributed by atoms with Gasteiger partial charge in [-0.05, 0) is 43.2 Å². The minimum Gasteiger partial charge on any atom is -0.508 e.